The van der Waals surface area contributed by atoms with E-state index in [4.69, 9.17) is 5.26 Å². The van der Waals surface area contributed by atoms with E-state index < -0.39 is 5.91 Å². The van der Waals surface area contributed by atoms with E-state index in [1.54, 1.807) is 18.3 Å². The normalized spacial score (nSPS) is 9.94. The van der Waals surface area contributed by atoms with Crippen LogP contribution >= 0.6 is 0 Å². The molecule has 0 fully saturated rings. The molecule has 2 aromatic heterocycles. The first-order valence-corrected chi connectivity index (χ1v) is 4.54. The number of nitrogens with zero attached hydrogens (tertiary/aromatic N) is 3. The van der Waals surface area contributed by atoms with Crippen LogP contribution in [0.5, 0.6) is 5.75 Å². The predicted octanol–water partition coefficient (Wildman–Crippen LogP) is 0.293. The number of carbonyl (C=O) groups excluding carboxylic acids is 1. The molecule has 2 aromatic rings. The number of hydrogen-bond acceptors (Lipinski definition) is 4. The quantitative estimate of drug-likeness (QED) is 0.706. The molecule has 0 spiro atoms. The van der Waals surface area contributed by atoms with Crippen molar-refractivity contribution in [2.45, 2.75) is 0 Å². The Morgan fingerprint density at radius 2 is 2.50 bits per heavy atom. The highest BCUT2D eigenvalue weighted by atomic mass is 16.3. The second-order valence-electron chi connectivity index (χ2n) is 3.09. The molecule has 0 atom stereocenters. The first-order chi connectivity index (χ1) is 7.72. The zero-order valence-corrected chi connectivity index (χ0v) is 8.21. The molecule has 1 amide bonds. The van der Waals surface area contributed by atoms with Crippen molar-refractivity contribution in [3.63, 3.8) is 0 Å². The number of aromatic hydroxyl groups is 1. The number of aromatic nitrogens is 2. The smallest absolute Gasteiger partial charge is 0.272 e. The molecule has 16 heavy (non-hydrogen) atoms. The third-order valence-electron chi connectivity index (χ3n) is 2.02. The standard InChI is InChI=1S/C10H8N4O2/c11-3-4-12-10(16)7-6-14-5-1-2-8(15)9(14)13-7/h1-2,5-6,15H,4H2,(H,12,16). The number of nitriles is 1. The summed E-state index contributed by atoms with van der Waals surface area (Å²) in [7, 11) is 0. The van der Waals surface area contributed by atoms with E-state index in [2.05, 4.69) is 10.3 Å². The van der Waals surface area contributed by atoms with E-state index in [0.29, 0.717) is 5.65 Å². The second kappa shape index (κ2) is 3.90. The van der Waals surface area contributed by atoms with Crippen molar-refractivity contribution in [1.82, 2.24) is 14.7 Å². The van der Waals surface area contributed by atoms with Gasteiger partial charge in [-0.2, -0.15) is 5.26 Å². The molecule has 2 heterocycles. The van der Waals surface area contributed by atoms with Crippen LogP contribution in [-0.2, 0) is 0 Å². The van der Waals surface area contributed by atoms with Gasteiger partial charge in [-0.25, -0.2) is 4.98 Å². The molecule has 6 nitrogen and oxygen atoms in total. The Labute approximate surface area is 90.8 Å². The molecule has 0 aliphatic heterocycles. The van der Waals surface area contributed by atoms with Crippen LogP contribution in [0.1, 0.15) is 10.5 Å². The number of carbonyl (C=O) groups is 1. The SMILES string of the molecule is N#CCNC(=O)c1cn2cccc(O)c2n1. The number of rotatable bonds is 2. The fourth-order valence-corrected chi connectivity index (χ4v) is 1.32. The molecule has 2 rings (SSSR count). The molecule has 0 aliphatic rings. The van der Waals surface area contributed by atoms with Crippen molar-refractivity contribution in [3.8, 4) is 11.8 Å². The Bertz CT molecular complexity index is 582. The summed E-state index contributed by atoms with van der Waals surface area (Å²) in [4.78, 5) is 15.4. The largest absolute Gasteiger partial charge is 0.504 e. The van der Waals surface area contributed by atoms with Crippen LogP contribution < -0.4 is 5.32 Å². The molecule has 0 unspecified atom stereocenters. The molecular weight excluding hydrogens is 208 g/mol. The maximum atomic E-state index is 11.5. The van der Waals surface area contributed by atoms with Crippen LogP contribution in [0.15, 0.2) is 24.5 Å². The summed E-state index contributed by atoms with van der Waals surface area (Å²) in [6, 6.07) is 4.92. The van der Waals surface area contributed by atoms with Crippen LogP contribution in [0.25, 0.3) is 5.65 Å². The molecule has 0 bridgehead atoms. The van der Waals surface area contributed by atoms with Gasteiger partial charge in [0.15, 0.2) is 11.4 Å². The first kappa shape index (κ1) is 9.98. The highest BCUT2D eigenvalue weighted by Gasteiger charge is 2.11. The number of hydrogen-bond donors (Lipinski definition) is 2. The maximum absolute atomic E-state index is 11.5. The molecule has 2 N–H and O–H groups in total. The number of amides is 1. The van der Waals surface area contributed by atoms with Gasteiger partial charge in [-0.05, 0) is 12.1 Å². The Morgan fingerprint density at radius 3 is 3.19 bits per heavy atom. The maximum Gasteiger partial charge on any atom is 0.272 e. The Hall–Kier alpha value is -2.55. The molecule has 0 saturated heterocycles. The van der Waals surface area contributed by atoms with Crippen molar-refractivity contribution in [2.24, 2.45) is 0 Å². The number of imidazole rings is 1. The fraction of sp³-hybridized carbons (Fsp3) is 0.100. The van der Waals surface area contributed by atoms with E-state index in [0.717, 1.165) is 0 Å². The van der Waals surface area contributed by atoms with Crippen LogP contribution in [0, 0.1) is 11.3 Å². The highest BCUT2D eigenvalue weighted by molar-refractivity contribution is 5.93. The lowest BCUT2D eigenvalue weighted by Crippen LogP contribution is -2.23. The summed E-state index contributed by atoms with van der Waals surface area (Å²) >= 11 is 0. The van der Waals surface area contributed by atoms with Gasteiger partial charge in [-0.15, -0.1) is 0 Å². The van der Waals surface area contributed by atoms with Gasteiger partial charge in [-0.1, -0.05) is 0 Å². The minimum Gasteiger partial charge on any atom is -0.504 e. The summed E-state index contributed by atoms with van der Waals surface area (Å²) < 4.78 is 1.54. The van der Waals surface area contributed by atoms with Gasteiger partial charge in [0.25, 0.3) is 5.91 Å². The van der Waals surface area contributed by atoms with Crippen molar-refractivity contribution in [1.29, 1.82) is 5.26 Å². The molecule has 0 saturated carbocycles. The molecule has 0 radical (unpaired) electrons. The lowest BCUT2D eigenvalue weighted by atomic mass is 10.4. The fourth-order valence-electron chi connectivity index (χ4n) is 1.32. The van der Waals surface area contributed by atoms with Crippen molar-refractivity contribution >= 4 is 11.6 Å². The minimum absolute atomic E-state index is 0.00170. The Morgan fingerprint density at radius 1 is 1.69 bits per heavy atom. The number of pyridine rings is 1. The van der Waals surface area contributed by atoms with E-state index in [1.807, 2.05) is 0 Å². The van der Waals surface area contributed by atoms with Gasteiger partial charge < -0.3 is 14.8 Å². The van der Waals surface area contributed by atoms with Crippen molar-refractivity contribution < 1.29 is 9.90 Å². The van der Waals surface area contributed by atoms with E-state index in [9.17, 15) is 9.90 Å². The second-order valence-corrected chi connectivity index (χ2v) is 3.09. The summed E-state index contributed by atoms with van der Waals surface area (Å²) in [5.74, 6) is -0.438. The van der Waals surface area contributed by atoms with Crippen molar-refractivity contribution in [2.75, 3.05) is 6.54 Å². The molecular formula is C10H8N4O2. The first-order valence-electron chi connectivity index (χ1n) is 4.54. The molecule has 80 valence electrons. The van der Waals surface area contributed by atoms with Crippen LogP contribution in [0.2, 0.25) is 0 Å². The monoisotopic (exact) mass is 216 g/mol. The Kier molecular flexibility index (Phi) is 2.44. The molecule has 6 heteroatoms. The van der Waals surface area contributed by atoms with E-state index in [-0.39, 0.29) is 18.0 Å². The van der Waals surface area contributed by atoms with Gasteiger partial charge in [0.1, 0.15) is 12.2 Å². The minimum atomic E-state index is -0.440. The van der Waals surface area contributed by atoms with Gasteiger partial charge in [-0.3, -0.25) is 4.79 Å². The summed E-state index contributed by atoms with van der Waals surface area (Å²) in [5.41, 5.74) is 0.473. The summed E-state index contributed by atoms with van der Waals surface area (Å²) in [5, 5.41) is 20.2. The van der Waals surface area contributed by atoms with Crippen molar-refractivity contribution in [3.05, 3.63) is 30.2 Å². The molecule has 0 aromatic carbocycles. The van der Waals surface area contributed by atoms with Gasteiger partial charge >= 0.3 is 0 Å². The number of fused-ring (bicyclic) bond motifs is 1. The highest BCUT2D eigenvalue weighted by Crippen LogP contribution is 2.16. The van der Waals surface area contributed by atoms with Gasteiger partial charge in [0.2, 0.25) is 0 Å². The summed E-state index contributed by atoms with van der Waals surface area (Å²) in [6.45, 7) is -0.0707. The zero-order chi connectivity index (χ0) is 11.5. The van der Waals surface area contributed by atoms with Gasteiger partial charge in [0, 0.05) is 12.4 Å². The topological polar surface area (TPSA) is 90.4 Å². The summed E-state index contributed by atoms with van der Waals surface area (Å²) in [6.07, 6.45) is 3.16. The lowest BCUT2D eigenvalue weighted by Gasteiger charge is -1.93. The third kappa shape index (κ3) is 1.66. The number of nitrogens with one attached hydrogen (secondary N) is 1. The van der Waals surface area contributed by atoms with Crippen LogP contribution in [0.4, 0.5) is 0 Å². The molecule has 0 aliphatic carbocycles. The Balaban J connectivity index is 2.37. The zero-order valence-electron chi connectivity index (χ0n) is 8.21. The average Bonchev–Trinajstić information content (AvgIpc) is 2.71. The van der Waals surface area contributed by atoms with E-state index >= 15 is 0 Å². The third-order valence-corrected chi connectivity index (χ3v) is 2.02. The lowest BCUT2D eigenvalue weighted by molar-refractivity contribution is 0.0954. The van der Waals surface area contributed by atoms with Gasteiger partial charge in [0.05, 0.1) is 6.07 Å². The van der Waals surface area contributed by atoms with Crippen LogP contribution in [0.3, 0.4) is 0 Å². The van der Waals surface area contributed by atoms with Crippen LogP contribution in [-0.4, -0.2) is 26.9 Å². The predicted molar refractivity (Wildman–Crippen MR) is 54.8 cm³/mol. The van der Waals surface area contributed by atoms with E-state index in [1.165, 1.54) is 16.7 Å². The average molecular weight is 216 g/mol.